The van der Waals surface area contributed by atoms with E-state index in [9.17, 15) is 13.2 Å². The van der Waals surface area contributed by atoms with Crippen molar-refractivity contribution in [3.8, 4) is 0 Å². The highest BCUT2D eigenvalue weighted by Gasteiger charge is 2.43. The number of hydrogen-bond acceptors (Lipinski definition) is 3. The average molecular weight is 277 g/mol. The summed E-state index contributed by atoms with van der Waals surface area (Å²) < 4.78 is 23.3. The van der Waals surface area contributed by atoms with E-state index in [1.165, 1.54) is 12.1 Å². The third-order valence-corrected chi connectivity index (χ3v) is 4.76. The van der Waals surface area contributed by atoms with E-state index in [-0.39, 0.29) is 5.69 Å². The Labute approximate surface area is 102 Å². The van der Waals surface area contributed by atoms with Gasteiger partial charge < -0.3 is 0 Å². The number of anilines is 1. The highest BCUT2D eigenvalue weighted by Crippen LogP contribution is 2.36. The number of nitrogens with zero attached hydrogens (tertiary/aromatic N) is 1. The number of amides is 1. The summed E-state index contributed by atoms with van der Waals surface area (Å²) in [5.41, 5.74) is 0.0845. The smallest absolute Gasteiger partial charge is 0.266 e. The van der Waals surface area contributed by atoms with Gasteiger partial charge in [0.15, 0.2) is 4.36 Å². The first-order chi connectivity index (χ1) is 7.46. The van der Waals surface area contributed by atoms with Crippen LogP contribution in [-0.4, -0.2) is 14.3 Å². The van der Waals surface area contributed by atoms with Gasteiger partial charge in [0.25, 0.3) is 15.9 Å². The van der Waals surface area contributed by atoms with E-state index in [1.807, 2.05) is 0 Å². The lowest BCUT2D eigenvalue weighted by Crippen LogP contribution is -2.30. The first kappa shape index (κ1) is 11.4. The van der Waals surface area contributed by atoms with Crippen molar-refractivity contribution in [3.63, 3.8) is 0 Å². The van der Waals surface area contributed by atoms with Gasteiger partial charge in [0.2, 0.25) is 0 Å². The topological polar surface area (TPSA) is 54.5 Å². The Bertz CT molecular complexity index is 580. The molecule has 1 aliphatic rings. The maximum atomic E-state index is 11.7. The lowest BCUT2D eigenvalue weighted by molar-refractivity contribution is -0.113. The van der Waals surface area contributed by atoms with Crippen LogP contribution in [-0.2, 0) is 14.8 Å². The van der Waals surface area contributed by atoms with Crippen LogP contribution in [0.4, 0.5) is 5.69 Å². The van der Waals surface area contributed by atoms with E-state index >= 15 is 0 Å². The highest BCUT2D eigenvalue weighted by molar-refractivity contribution is 7.99. The predicted octanol–water partition coefficient (Wildman–Crippen LogP) is 1.81. The Morgan fingerprint density at radius 1 is 1.25 bits per heavy atom. The van der Waals surface area contributed by atoms with Crippen molar-refractivity contribution in [2.75, 3.05) is 4.31 Å². The molecule has 16 heavy (non-hydrogen) atoms. The summed E-state index contributed by atoms with van der Waals surface area (Å²) >= 11 is 11.0. The number of benzene rings is 1. The summed E-state index contributed by atoms with van der Waals surface area (Å²) in [4.78, 5) is 11.6. The van der Waals surface area contributed by atoms with Gasteiger partial charge in [-0.25, -0.2) is 0 Å². The van der Waals surface area contributed by atoms with Crippen molar-refractivity contribution in [1.29, 1.82) is 0 Å². The van der Waals surface area contributed by atoms with E-state index in [0.717, 1.165) is 0 Å². The van der Waals surface area contributed by atoms with Gasteiger partial charge in [0, 0.05) is 6.07 Å². The van der Waals surface area contributed by atoms with Gasteiger partial charge in [-0.15, -0.1) is 0 Å². The van der Waals surface area contributed by atoms with Gasteiger partial charge in [0.1, 0.15) is 5.03 Å². The number of para-hydroxylation sites is 1. The van der Waals surface area contributed by atoms with Crippen LogP contribution in [0.2, 0.25) is 0 Å². The molecule has 1 heterocycles. The molecule has 83 valence electrons. The van der Waals surface area contributed by atoms with Crippen molar-refractivity contribution < 1.29 is 13.2 Å². The summed E-state index contributed by atoms with van der Waals surface area (Å²) in [6, 6.07) is 8.75. The molecule has 0 aliphatic carbocycles. The Balaban J connectivity index is 2.60. The van der Waals surface area contributed by atoms with Gasteiger partial charge in [-0.3, -0.25) is 4.79 Å². The number of halogens is 2. The van der Waals surface area contributed by atoms with Crippen LogP contribution in [0.3, 0.4) is 0 Å². The molecule has 1 aromatic carbocycles. The second-order valence-corrected chi connectivity index (χ2v) is 5.61. The van der Waals surface area contributed by atoms with E-state index in [0.29, 0.717) is 4.31 Å². The number of carbonyl (C=O) groups is 1. The maximum Gasteiger partial charge on any atom is 0.286 e. The SMILES string of the molecule is O=C1C(Cl)=C(Cl)S(=O)(=O)N1c1[c]cccc1. The molecule has 1 amide bonds. The molecule has 0 N–H and O–H groups in total. The molecule has 1 aliphatic heterocycles. The highest BCUT2D eigenvalue weighted by atomic mass is 35.5. The molecule has 0 fully saturated rings. The van der Waals surface area contributed by atoms with E-state index in [2.05, 4.69) is 6.07 Å². The van der Waals surface area contributed by atoms with Crippen molar-refractivity contribution in [2.45, 2.75) is 0 Å². The van der Waals surface area contributed by atoms with Crippen LogP contribution in [0.25, 0.3) is 0 Å². The van der Waals surface area contributed by atoms with Crippen molar-refractivity contribution in [1.82, 2.24) is 0 Å². The molecule has 0 bridgehead atoms. The van der Waals surface area contributed by atoms with Crippen LogP contribution < -0.4 is 4.31 Å². The lowest BCUT2D eigenvalue weighted by Gasteiger charge is -2.14. The minimum Gasteiger partial charge on any atom is -0.266 e. The second kappa shape index (κ2) is 3.76. The van der Waals surface area contributed by atoms with Crippen LogP contribution in [0.5, 0.6) is 0 Å². The molecule has 0 saturated carbocycles. The first-order valence-corrected chi connectivity index (χ1v) is 6.27. The fourth-order valence-corrected chi connectivity index (χ4v) is 3.10. The van der Waals surface area contributed by atoms with E-state index < -0.39 is 25.3 Å². The maximum absolute atomic E-state index is 11.7. The minimum atomic E-state index is -4.05. The van der Waals surface area contributed by atoms with Gasteiger partial charge in [-0.05, 0) is 6.07 Å². The van der Waals surface area contributed by atoms with E-state index in [4.69, 9.17) is 23.2 Å². The van der Waals surface area contributed by atoms with Gasteiger partial charge in [-0.1, -0.05) is 41.4 Å². The molecule has 0 spiro atoms. The van der Waals surface area contributed by atoms with Gasteiger partial charge in [0.05, 0.1) is 5.69 Å². The van der Waals surface area contributed by atoms with Crippen LogP contribution in [0, 0.1) is 6.07 Å². The quantitative estimate of drug-likeness (QED) is 0.786. The third-order valence-electron chi connectivity index (χ3n) is 1.92. The van der Waals surface area contributed by atoms with E-state index in [1.54, 1.807) is 12.1 Å². The molecule has 0 unspecified atom stereocenters. The molecule has 0 aromatic heterocycles. The van der Waals surface area contributed by atoms with Crippen LogP contribution >= 0.6 is 23.2 Å². The van der Waals surface area contributed by atoms with Crippen molar-refractivity contribution >= 4 is 44.8 Å². The predicted molar refractivity (Wildman–Crippen MR) is 60.4 cm³/mol. The Hall–Kier alpha value is -1.04. The van der Waals surface area contributed by atoms with Gasteiger partial charge >= 0.3 is 0 Å². The van der Waals surface area contributed by atoms with Crippen molar-refractivity contribution in [3.05, 3.63) is 39.7 Å². The Kier molecular flexibility index (Phi) is 2.69. The minimum absolute atomic E-state index is 0.0845. The number of hydrogen-bond donors (Lipinski definition) is 0. The fourth-order valence-electron chi connectivity index (χ4n) is 1.22. The summed E-state index contributed by atoms with van der Waals surface area (Å²) in [7, 11) is -4.05. The summed E-state index contributed by atoms with van der Waals surface area (Å²) in [6.45, 7) is 0. The van der Waals surface area contributed by atoms with Crippen LogP contribution in [0.15, 0.2) is 33.7 Å². The monoisotopic (exact) mass is 276 g/mol. The Morgan fingerprint density at radius 2 is 1.94 bits per heavy atom. The van der Waals surface area contributed by atoms with Gasteiger partial charge in [-0.2, -0.15) is 12.7 Å². The normalized spacial score (nSPS) is 19.4. The van der Waals surface area contributed by atoms with Crippen molar-refractivity contribution in [2.24, 2.45) is 0 Å². The first-order valence-electron chi connectivity index (χ1n) is 4.08. The Morgan fingerprint density at radius 3 is 2.38 bits per heavy atom. The molecule has 0 atom stereocenters. The molecule has 1 radical (unpaired) electrons. The zero-order chi connectivity index (χ0) is 11.9. The summed E-state index contributed by atoms with van der Waals surface area (Å²) in [6.07, 6.45) is 0. The molecular formula is C9H4Cl2NO3S. The third kappa shape index (κ3) is 1.52. The summed E-state index contributed by atoms with van der Waals surface area (Å²) in [5, 5.41) is -0.501. The second-order valence-electron chi connectivity index (χ2n) is 2.91. The molecule has 0 saturated heterocycles. The standard InChI is InChI=1S/C9H4Cl2NO3S/c10-7-8(11)16(14,15)12(9(7)13)6-4-2-1-3-5-6/h1-4H. The number of rotatable bonds is 1. The molecule has 4 nitrogen and oxygen atoms in total. The van der Waals surface area contributed by atoms with Crippen LogP contribution in [0.1, 0.15) is 0 Å². The number of carbonyl (C=O) groups excluding carboxylic acids is 1. The zero-order valence-corrected chi connectivity index (χ0v) is 9.97. The molecule has 1 aromatic rings. The average Bonchev–Trinajstić information content (AvgIpc) is 2.41. The summed E-state index contributed by atoms with van der Waals surface area (Å²) in [5.74, 6) is -0.867. The molecule has 7 heteroatoms. The molecule has 2 rings (SSSR count). The fraction of sp³-hybridized carbons (Fsp3) is 0. The molecular weight excluding hydrogens is 273 g/mol. The largest absolute Gasteiger partial charge is 0.286 e. The zero-order valence-electron chi connectivity index (χ0n) is 7.65. The number of sulfonamides is 1. The lowest BCUT2D eigenvalue weighted by atomic mass is 10.3.